The van der Waals surface area contributed by atoms with E-state index in [0.717, 1.165) is 11.3 Å². The molecule has 0 aliphatic carbocycles. The Hall–Kier alpha value is -1.66. The van der Waals surface area contributed by atoms with Crippen molar-refractivity contribution in [1.82, 2.24) is 14.7 Å². The number of likely N-dealkylation sites (tertiary alicyclic amines) is 1. The van der Waals surface area contributed by atoms with Gasteiger partial charge < -0.3 is 10.8 Å². The van der Waals surface area contributed by atoms with E-state index in [1.165, 1.54) is 0 Å². The minimum absolute atomic E-state index is 0.383. The molecule has 0 unspecified atom stereocenters. The van der Waals surface area contributed by atoms with Gasteiger partial charge in [0.15, 0.2) is 0 Å². The van der Waals surface area contributed by atoms with Gasteiger partial charge in [0.25, 0.3) is 0 Å². The Kier molecular flexibility index (Phi) is 3.73. The molecule has 0 radical (unpaired) electrons. The van der Waals surface area contributed by atoms with Gasteiger partial charge in [-0.2, -0.15) is 5.10 Å². The van der Waals surface area contributed by atoms with Crippen LogP contribution in [0.5, 0.6) is 0 Å². The molecule has 3 N–H and O–H groups in total. The van der Waals surface area contributed by atoms with Crippen molar-refractivity contribution in [1.29, 1.82) is 0 Å². The predicted octanol–water partition coefficient (Wildman–Crippen LogP) is 0.365. The number of nitrogens with zero attached hydrogens (tertiary/aromatic N) is 3. The fourth-order valence-electron chi connectivity index (χ4n) is 2.41. The van der Waals surface area contributed by atoms with E-state index in [4.69, 9.17) is 10.8 Å². The van der Waals surface area contributed by atoms with Crippen molar-refractivity contribution in [3.63, 3.8) is 0 Å². The first kappa shape index (κ1) is 13.8. The number of carboxylic acids is 1. The zero-order chi connectivity index (χ0) is 14.0. The third-order valence-electron chi connectivity index (χ3n) is 3.56. The van der Waals surface area contributed by atoms with Crippen molar-refractivity contribution in [2.75, 3.05) is 13.1 Å². The minimum atomic E-state index is -1.11. The third-order valence-corrected chi connectivity index (χ3v) is 3.56. The number of allylic oxidation sites excluding steroid dienone is 1. The SMILES string of the molecule is C=CCn1cc(CN2CC[C@@](N)(C(=O)O)C2)c(C)n1. The molecule has 2 rings (SSSR count). The summed E-state index contributed by atoms with van der Waals surface area (Å²) in [5.41, 5.74) is 6.83. The van der Waals surface area contributed by atoms with Crippen molar-refractivity contribution in [3.8, 4) is 0 Å². The Morgan fingerprint density at radius 3 is 3.05 bits per heavy atom. The Labute approximate surface area is 112 Å². The Bertz CT molecular complexity index is 497. The molecule has 2 heterocycles. The summed E-state index contributed by atoms with van der Waals surface area (Å²) < 4.78 is 1.83. The van der Waals surface area contributed by atoms with Gasteiger partial charge in [-0.3, -0.25) is 14.4 Å². The second kappa shape index (κ2) is 5.14. The number of carbonyl (C=O) groups is 1. The largest absolute Gasteiger partial charge is 0.480 e. The van der Waals surface area contributed by atoms with E-state index in [9.17, 15) is 4.79 Å². The first-order valence-corrected chi connectivity index (χ1v) is 6.33. The maximum atomic E-state index is 11.1. The molecule has 6 heteroatoms. The van der Waals surface area contributed by atoms with Crippen LogP contribution in [0.15, 0.2) is 18.9 Å². The number of hydrogen-bond donors (Lipinski definition) is 2. The molecule has 1 aromatic heterocycles. The summed E-state index contributed by atoms with van der Waals surface area (Å²) in [7, 11) is 0. The molecule has 1 aromatic rings. The highest BCUT2D eigenvalue weighted by molar-refractivity contribution is 5.79. The lowest BCUT2D eigenvalue weighted by atomic mass is 10.0. The summed E-state index contributed by atoms with van der Waals surface area (Å²) in [5, 5.41) is 13.5. The highest BCUT2D eigenvalue weighted by Gasteiger charge is 2.41. The van der Waals surface area contributed by atoms with Crippen LogP contribution in [-0.2, 0) is 17.9 Å². The summed E-state index contributed by atoms with van der Waals surface area (Å²) in [5.74, 6) is -0.922. The van der Waals surface area contributed by atoms with E-state index in [1.54, 1.807) is 6.08 Å². The van der Waals surface area contributed by atoms with Crippen LogP contribution in [0.1, 0.15) is 17.7 Å². The number of aromatic nitrogens is 2. The third kappa shape index (κ3) is 2.85. The van der Waals surface area contributed by atoms with Gasteiger partial charge in [-0.15, -0.1) is 6.58 Å². The lowest BCUT2D eigenvalue weighted by Crippen LogP contribution is -2.50. The molecule has 104 valence electrons. The molecule has 19 heavy (non-hydrogen) atoms. The highest BCUT2D eigenvalue weighted by Crippen LogP contribution is 2.21. The molecule has 1 saturated heterocycles. The first-order valence-electron chi connectivity index (χ1n) is 6.33. The average molecular weight is 264 g/mol. The molecule has 1 aliphatic heterocycles. The van der Waals surface area contributed by atoms with Crippen molar-refractivity contribution >= 4 is 5.97 Å². The Balaban J connectivity index is 2.03. The van der Waals surface area contributed by atoms with Crippen molar-refractivity contribution < 1.29 is 9.90 Å². The second-order valence-electron chi connectivity index (χ2n) is 5.17. The van der Waals surface area contributed by atoms with Gasteiger partial charge in [0.1, 0.15) is 5.54 Å². The quantitative estimate of drug-likeness (QED) is 0.750. The fraction of sp³-hybridized carbons (Fsp3) is 0.538. The van der Waals surface area contributed by atoms with E-state index in [1.807, 2.05) is 17.8 Å². The monoisotopic (exact) mass is 264 g/mol. The Morgan fingerprint density at radius 2 is 2.47 bits per heavy atom. The lowest BCUT2D eigenvalue weighted by molar-refractivity contribution is -0.142. The van der Waals surface area contributed by atoms with Crippen LogP contribution in [-0.4, -0.2) is 44.4 Å². The number of rotatable bonds is 5. The molecular weight excluding hydrogens is 244 g/mol. The molecule has 0 spiro atoms. The molecular formula is C13H20N4O2. The van der Waals surface area contributed by atoms with Crippen LogP contribution in [0.25, 0.3) is 0 Å². The van der Waals surface area contributed by atoms with Crippen molar-refractivity contribution in [2.24, 2.45) is 5.73 Å². The van der Waals surface area contributed by atoms with Crippen LogP contribution < -0.4 is 5.73 Å². The summed E-state index contributed by atoms with van der Waals surface area (Å²) in [6, 6.07) is 0. The maximum absolute atomic E-state index is 11.1. The normalized spacial score (nSPS) is 23.7. The average Bonchev–Trinajstić information content (AvgIpc) is 2.86. The van der Waals surface area contributed by atoms with Crippen LogP contribution in [0, 0.1) is 6.92 Å². The van der Waals surface area contributed by atoms with E-state index >= 15 is 0 Å². The highest BCUT2D eigenvalue weighted by atomic mass is 16.4. The van der Waals surface area contributed by atoms with Gasteiger partial charge in [0.05, 0.1) is 12.2 Å². The molecule has 6 nitrogen and oxygen atoms in total. The van der Waals surface area contributed by atoms with E-state index in [-0.39, 0.29) is 0 Å². The predicted molar refractivity (Wildman–Crippen MR) is 71.6 cm³/mol. The van der Waals surface area contributed by atoms with Crippen molar-refractivity contribution in [3.05, 3.63) is 30.1 Å². The summed E-state index contributed by atoms with van der Waals surface area (Å²) in [6.45, 7) is 8.09. The van der Waals surface area contributed by atoms with Crippen molar-refractivity contribution in [2.45, 2.75) is 32.0 Å². The summed E-state index contributed by atoms with van der Waals surface area (Å²) in [4.78, 5) is 13.2. The minimum Gasteiger partial charge on any atom is -0.480 e. The summed E-state index contributed by atoms with van der Waals surface area (Å²) >= 11 is 0. The molecule has 0 amide bonds. The van der Waals surface area contributed by atoms with Gasteiger partial charge in [0.2, 0.25) is 0 Å². The molecule has 0 aromatic carbocycles. The molecule has 1 atom stereocenters. The van der Waals surface area contributed by atoms with Crippen LogP contribution in [0.4, 0.5) is 0 Å². The second-order valence-corrected chi connectivity index (χ2v) is 5.17. The van der Waals surface area contributed by atoms with Crippen LogP contribution in [0.2, 0.25) is 0 Å². The fourth-order valence-corrected chi connectivity index (χ4v) is 2.41. The number of nitrogens with two attached hydrogens (primary N) is 1. The van der Waals surface area contributed by atoms with Gasteiger partial charge >= 0.3 is 5.97 Å². The van der Waals surface area contributed by atoms with Crippen LogP contribution in [0.3, 0.4) is 0 Å². The molecule has 0 saturated carbocycles. The standard InChI is InChI=1S/C13H20N4O2/c1-3-5-17-8-11(10(2)15-17)7-16-6-4-13(14,9-16)12(18)19/h3,8H,1,4-7,9,14H2,2H3,(H,18,19)/t13-/m0/s1. The topological polar surface area (TPSA) is 84.4 Å². The van der Waals surface area contributed by atoms with E-state index in [2.05, 4.69) is 16.6 Å². The number of aliphatic carboxylic acids is 1. The summed E-state index contributed by atoms with van der Waals surface area (Å²) in [6.07, 6.45) is 4.26. The van der Waals surface area contributed by atoms with Crippen LogP contribution >= 0.6 is 0 Å². The molecule has 1 aliphatic rings. The lowest BCUT2D eigenvalue weighted by Gasteiger charge is -2.19. The molecule has 0 bridgehead atoms. The zero-order valence-corrected chi connectivity index (χ0v) is 11.2. The van der Waals surface area contributed by atoms with Gasteiger partial charge in [0, 0.05) is 31.4 Å². The van der Waals surface area contributed by atoms with E-state index < -0.39 is 11.5 Å². The zero-order valence-electron chi connectivity index (χ0n) is 11.2. The number of aryl methyl sites for hydroxylation is 1. The van der Waals surface area contributed by atoms with Gasteiger partial charge in [-0.1, -0.05) is 6.08 Å². The number of hydrogen-bond acceptors (Lipinski definition) is 4. The number of carboxylic acid groups (broad SMARTS) is 1. The van der Waals surface area contributed by atoms with Gasteiger partial charge in [-0.25, -0.2) is 0 Å². The maximum Gasteiger partial charge on any atom is 0.325 e. The smallest absolute Gasteiger partial charge is 0.325 e. The Morgan fingerprint density at radius 1 is 1.74 bits per heavy atom. The van der Waals surface area contributed by atoms with E-state index in [0.29, 0.717) is 32.6 Å². The molecule has 1 fully saturated rings. The van der Waals surface area contributed by atoms with Gasteiger partial charge in [-0.05, 0) is 13.3 Å². The first-order chi connectivity index (χ1) is 8.94.